The Hall–Kier alpha value is -1.76. The van der Waals surface area contributed by atoms with Crippen LogP contribution in [0.4, 0.5) is 0 Å². The van der Waals surface area contributed by atoms with Gasteiger partial charge in [0.05, 0.1) is 7.11 Å². The molecule has 2 aromatic rings. The minimum absolute atomic E-state index is 0.927. The maximum absolute atomic E-state index is 5.39. The van der Waals surface area contributed by atoms with Gasteiger partial charge in [-0.15, -0.1) is 0 Å². The van der Waals surface area contributed by atoms with Crippen LogP contribution in [-0.2, 0) is 0 Å². The molecule has 0 radical (unpaired) electrons. The van der Waals surface area contributed by atoms with E-state index in [4.69, 9.17) is 4.74 Å². The highest BCUT2D eigenvalue weighted by atomic mass is 16.5. The van der Waals surface area contributed by atoms with Crippen molar-refractivity contribution < 1.29 is 4.74 Å². The van der Waals surface area contributed by atoms with E-state index in [1.54, 1.807) is 7.11 Å². The van der Waals surface area contributed by atoms with Crippen LogP contribution in [0, 0.1) is 13.8 Å². The van der Waals surface area contributed by atoms with Gasteiger partial charge >= 0.3 is 0 Å². The monoisotopic (exact) mass is 212 g/mol. The SMILES string of the molecule is COc1ccccc1-c1cccc(C)c1C. The lowest BCUT2D eigenvalue weighted by molar-refractivity contribution is 0.416. The topological polar surface area (TPSA) is 9.23 Å². The van der Waals surface area contributed by atoms with Gasteiger partial charge in [-0.1, -0.05) is 36.4 Å². The molecule has 0 saturated carbocycles. The molecule has 1 nitrogen and oxygen atoms in total. The molecular weight excluding hydrogens is 196 g/mol. The first-order chi connectivity index (χ1) is 7.74. The van der Waals surface area contributed by atoms with Gasteiger partial charge in [0.2, 0.25) is 0 Å². The van der Waals surface area contributed by atoms with Gasteiger partial charge in [-0.3, -0.25) is 0 Å². The highest BCUT2D eigenvalue weighted by molar-refractivity contribution is 5.74. The second kappa shape index (κ2) is 4.40. The molecule has 0 spiro atoms. The van der Waals surface area contributed by atoms with Gasteiger partial charge in [-0.05, 0) is 36.6 Å². The van der Waals surface area contributed by atoms with Crippen molar-refractivity contribution >= 4 is 0 Å². The molecule has 0 aromatic heterocycles. The average molecular weight is 212 g/mol. The Kier molecular flexibility index (Phi) is 2.95. The van der Waals surface area contributed by atoms with Gasteiger partial charge < -0.3 is 4.74 Å². The van der Waals surface area contributed by atoms with Crippen molar-refractivity contribution in [2.75, 3.05) is 7.11 Å². The second-order valence-corrected chi connectivity index (χ2v) is 3.95. The smallest absolute Gasteiger partial charge is 0.126 e. The molecule has 0 N–H and O–H groups in total. The summed E-state index contributed by atoms with van der Waals surface area (Å²) in [6.07, 6.45) is 0. The summed E-state index contributed by atoms with van der Waals surface area (Å²) in [6, 6.07) is 14.5. The predicted octanol–water partition coefficient (Wildman–Crippen LogP) is 3.98. The Labute approximate surface area is 96.7 Å². The molecule has 0 heterocycles. The summed E-state index contributed by atoms with van der Waals surface area (Å²) in [5.74, 6) is 0.927. The van der Waals surface area contributed by atoms with E-state index in [9.17, 15) is 0 Å². The molecule has 0 atom stereocenters. The summed E-state index contributed by atoms with van der Waals surface area (Å²) < 4.78 is 5.39. The molecule has 82 valence electrons. The van der Waals surface area contributed by atoms with Gasteiger partial charge in [0.15, 0.2) is 0 Å². The molecule has 0 amide bonds. The van der Waals surface area contributed by atoms with Crippen molar-refractivity contribution in [3.63, 3.8) is 0 Å². The number of aryl methyl sites for hydroxylation is 1. The van der Waals surface area contributed by atoms with E-state index in [2.05, 4.69) is 38.1 Å². The van der Waals surface area contributed by atoms with Crippen LogP contribution in [0.25, 0.3) is 11.1 Å². The van der Waals surface area contributed by atoms with Crippen molar-refractivity contribution in [3.05, 3.63) is 53.6 Å². The van der Waals surface area contributed by atoms with Crippen LogP contribution in [0.2, 0.25) is 0 Å². The van der Waals surface area contributed by atoms with E-state index in [1.807, 2.05) is 18.2 Å². The van der Waals surface area contributed by atoms with Gasteiger partial charge in [-0.2, -0.15) is 0 Å². The molecule has 0 aliphatic carbocycles. The van der Waals surface area contributed by atoms with Crippen molar-refractivity contribution in [3.8, 4) is 16.9 Å². The summed E-state index contributed by atoms with van der Waals surface area (Å²) >= 11 is 0. The predicted molar refractivity (Wildman–Crippen MR) is 67.9 cm³/mol. The number of benzene rings is 2. The van der Waals surface area contributed by atoms with E-state index >= 15 is 0 Å². The fourth-order valence-corrected chi connectivity index (χ4v) is 1.91. The van der Waals surface area contributed by atoms with Crippen molar-refractivity contribution in [2.24, 2.45) is 0 Å². The van der Waals surface area contributed by atoms with Crippen LogP contribution in [0.3, 0.4) is 0 Å². The van der Waals surface area contributed by atoms with Gasteiger partial charge in [-0.25, -0.2) is 0 Å². The highest BCUT2D eigenvalue weighted by Gasteiger charge is 2.07. The summed E-state index contributed by atoms with van der Waals surface area (Å²) in [5, 5.41) is 0. The Balaban J connectivity index is 2.63. The summed E-state index contributed by atoms with van der Waals surface area (Å²) in [4.78, 5) is 0. The Morgan fingerprint density at radius 2 is 1.50 bits per heavy atom. The summed E-state index contributed by atoms with van der Waals surface area (Å²) in [6.45, 7) is 4.28. The fourth-order valence-electron chi connectivity index (χ4n) is 1.91. The summed E-state index contributed by atoms with van der Waals surface area (Å²) in [5.41, 5.74) is 5.03. The minimum atomic E-state index is 0.927. The second-order valence-electron chi connectivity index (χ2n) is 3.95. The third kappa shape index (κ3) is 1.81. The normalized spacial score (nSPS) is 10.2. The first-order valence-electron chi connectivity index (χ1n) is 5.43. The lowest BCUT2D eigenvalue weighted by atomic mass is 9.96. The zero-order chi connectivity index (χ0) is 11.5. The molecule has 2 aromatic carbocycles. The number of rotatable bonds is 2. The van der Waals surface area contributed by atoms with Gasteiger partial charge in [0.1, 0.15) is 5.75 Å². The third-order valence-corrected chi connectivity index (χ3v) is 3.00. The number of methoxy groups -OCH3 is 1. The number of para-hydroxylation sites is 1. The minimum Gasteiger partial charge on any atom is -0.496 e. The maximum Gasteiger partial charge on any atom is 0.126 e. The molecule has 0 fully saturated rings. The first-order valence-corrected chi connectivity index (χ1v) is 5.43. The number of hydrogen-bond donors (Lipinski definition) is 0. The molecule has 0 saturated heterocycles. The molecule has 0 aliphatic heterocycles. The lowest BCUT2D eigenvalue weighted by Gasteiger charge is -2.12. The van der Waals surface area contributed by atoms with Crippen LogP contribution >= 0.6 is 0 Å². The lowest BCUT2D eigenvalue weighted by Crippen LogP contribution is -1.91. The van der Waals surface area contributed by atoms with Crippen molar-refractivity contribution in [1.29, 1.82) is 0 Å². The maximum atomic E-state index is 5.39. The van der Waals surface area contributed by atoms with Crippen LogP contribution in [-0.4, -0.2) is 7.11 Å². The third-order valence-electron chi connectivity index (χ3n) is 3.00. The fraction of sp³-hybridized carbons (Fsp3) is 0.200. The molecule has 0 bridgehead atoms. The van der Waals surface area contributed by atoms with E-state index in [-0.39, 0.29) is 0 Å². The van der Waals surface area contributed by atoms with Crippen LogP contribution in [0.5, 0.6) is 5.75 Å². The first kappa shape index (κ1) is 10.7. The molecule has 16 heavy (non-hydrogen) atoms. The van der Waals surface area contributed by atoms with Crippen LogP contribution in [0.15, 0.2) is 42.5 Å². The van der Waals surface area contributed by atoms with Crippen molar-refractivity contribution in [2.45, 2.75) is 13.8 Å². The molecule has 0 unspecified atom stereocenters. The number of ether oxygens (including phenoxy) is 1. The van der Waals surface area contributed by atoms with E-state index in [0.29, 0.717) is 0 Å². The van der Waals surface area contributed by atoms with Crippen molar-refractivity contribution in [1.82, 2.24) is 0 Å². The van der Waals surface area contributed by atoms with Gasteiger partial charge in [0, 0.05) is 5.56 Å². The Morgan fingerprint density at radius 3 is 2.25 bits per heavy atom. The average Bonchev–Trinajstić information content (AvgIpc) is 2.33. The molecular formula is C15H16O. The van der Waals surface area contributed by atoms with Crippen LogP contribution in [0.1, 0.15) is 11.1 Å². The molecule has 0 aliphatic rings. The molecule has 2 rings (SSSR count). The molecule has 1 heteroatoms. The quantitative estimate of drug-likeness (QED) is 0.731. The largest absolute Gasteiger partial charge is 0.496 e. The zero-order valence-corrected chi connectivity index (χ0v) is 9.95. The Bertz CT molecular complexity index is 501. The van der Waals surface area contributed by atoms with E-state index in [0.717, 1.165) is 11.3 Å². The zero-order valence-electron chi connectivity index (χ0n) is 9.95. The standard InChI is InChI=1S/C15H16O/c1-11-7-6-9-13(12(11)2)14-8-4-5-10-15(14)16-3/h4-10H,1-3H3. The van der Waals surface area contributed by atoms with Crippen LogP contribution < -0.4 is 4.74 Å². The van der Waals surface area contributed by atoms with E-state index in [1.165, 1.54) is 16.7 Å². The summed E-state index contributed by atoms with van der Waals surface area (Å²) in [7, 11) is 1.71. The van der Waals surface area contributed by atoms with E-state index < -0.39 is 0 Å². The van der Waals surface area contributed by atoms with Gasteiger partial charge in [0.25, 0.3) is 0 Å². The Morgan fingerprint density at radius 1 is 0.812 bits per heavy atom. The highest BCUT2D eigenvalue weighted by Crippen LogP contribution is 2.32. The number of hydrogen-bond acceptors (Lipinski definition) is 1.